The van der Waals surface area contributed by atoms with E-state index < -0.39 is 0 Å². The van der Waals surface area contributed by atoms with Crippen molar-refractivity contribution in [3.63, 3.8) is 0 Å². The molecule has 0 radical (unpaired) electrons. The first-order valence-corrected chi connectivity index (χ1v) is 3.70. The summed E-state index contributed by atoms with van der Waals surface area (Å²) in [5.74, 6) is 0. The van der Waals surface area contributed by atoms with Gasteiger partial charge in [0.25, 0.3) is 0 Å². The Morgan fingerprint density at radius 1 is 1.25 bits per heavy atom. The van der Waals surface area contributed by atoms with Gasteiger partial charge < -0.3 is 0 Å². The Hall–Kier alpha value is 0.440. The Balaban J connectivity index is 2.50. The largest absolute Gasteiger partial charge is 0.161 e. The summed E-state index contributed by atoms with van der Waals surface area (Å²) >= 11 is 8.66. The molecule has 0 aromatic heterocycles. The van der Waals surface area contributed by atoms with Gasteiger partial charge in [0.1, 0.15) is 0 Å². The van der Waals surface area contributed by atoms with Crippen LogP contribution in [-0.2, 0) is 0 Å². The monoisotopic (exact) mass is 146 g/mol. The van der Waals surface area contributed by atoms with E-state index in [1.807, 2.05) is 0 Å². The Morgan fingerprint density at radius 3 is 2.25 bits per heavy atom. The highest BCUT2D eigenvalue weighted by Crippen LogP contribution is 2.32. The molecule has 0 aromatic rings. The maximum absolute atomic E-state index is 4.33. The molecule has 0 aromatic carbocycles. The minimum absolute atomic E-state index is 0.0191. The Labute approximate surface area is 61.2 Å². The first-order chi connectivity index (χ1) is 3.71. The minimum Gasteiger partial charge on any atom is -0.161 e. The van der Waals surface area contributed by atoms with E-state index in [1.165, 1.54) is 0 Å². The fraction of sp³-hybridized carbons (Fsp3) is 0.667. The summed E-state index contributed by atoms with van der Waals surface area (Å²) in [7, 11) is 0. The molecule has 0 N–H and O–H groups in total. The molecule has 2 heteroatoms. The normalized spacial score (nSPS) is 25.8. The molecular formula is C6H10S2. The lowest BCUT2D eigenvalue weighted by Gasteiger charge is -2.22. The number of rotatable bonds is 0. The zero-order valence-corrected chi connectivity index (χ0v) is 6.46. The van der Waals surface area contributed by atoms with Crippen LogP contribution >= 0.6 is 25.3 Å². The Bertz CT molecular complexity index is 105. The Morgan fingerprint density at radius 2 is 2.00 bits per heavy atom. The third-order valence-electron chi connectivity index (χ3n) is 1.32. The van der Waals surface area contributed by atoms with E-state index in [2.05, 4.69) is 37.4 Å². The van der Waals surface area contributed by atoms with Gasteiger partial charge in [0, 0.05) is 0 Å². The van der Waals surface area contributed by atoms with Crippen molar-refractivity contribution in [2.75, 3.05) is 0 Å². The molecule has 1 aliphatic rings. The van der Waals surface area contributed by atoms with Crippen molar-refractivity contribution in [3.05, 3.63) is 12.2 Å². The molecule has 0 spiro atoms. The molecule has 0 fully saturated rings. The van der Waals surface area contributed by atoms with Crippen LogP contribution in [0.4, 0.5) is 0 Å². The van der Waals surface area contributed by atoms with E-state index in [9.17, 15) is 0 Å². The van der Waals surface area contributed by atoms with Crippen LogP contribution in [-0.4, -0.2) is 4.08 Å². The van der Waals surface area contributed by atoms with Crippen molar-refractivity contribution in [2.24, 2.45) is 0 Å². The second kappa shape index (κ2) is 2.36. The topological polar surface area (TPSA) is 0 Å². The maximum atomic E-state index is 4.33. The predicted octanol–water partition coefficient (Wildman–Crippen LogP) is 2.28. The van der Waals surface area contributed by atoms with Crippen LogP contribution < -0.4 is 0 Å². The SMILES string of the molecule is SC1(S)CC=CCC1. The van der Waals surface area contributed by atoms with Gasteiger partial charge in [-0.1, -0.05) is 12.2 Å². The minimum atomic E-state index is -0.0191. The molecule has 0 bridgehead atoms. The van der Waals surface area contributed by atoms with Crippen LogP contribution in [0.1, 0.15) is 19.3 Å². The van der Waals surface area contributed by atoms with Crippen LogP contribution in [0.2, 0.25) is 0 Å². The molecule has 0 nitrogen and oxygen atoms in total. The van der Waals surface area contributed by atoms with Gasteiger partial charge in [0.05, 0.1) is 4.08 Å². The molecule has 0 heterocycles. The van der Waals surface area contributed by atoms with Crippen molar-refractivity contribution < 1.29 is 0 Å². The highest BCUT2D eigenvalue weighted by atomic mass is 32.2. The van der Waals surface area contributed by atoms with Gasteiger partial charge in [-0.25, -0.2) is 0 Å². The third kappa shape index (κ3) is 1.75. The summed E-state index contributed by atoms with van der Waals surface area (Å²) in [5.41, 5.74) is 0. The third-order valence-corrected chi connectivity index (χ3v) is 2.14. The summed E-state index contributed by atoms with van der Waals surface area (Å²) < 4.78 is -0.0191. The van der Waals surface area contributed by atoms with Gasteiger partial charge in [-0.3, -0.25) is 0 Å². The van der Waals surface area contributed by atoms with Gasteiger partial charge in [0.15, 0.2) is 0 Å². The lowest BCUT2D eigenvalue weighted by molar-refractivity contribution is 0.712. The van der Waals surface area contributed by atoms with E-state index in [-0.39, 0.29) is 4.08 Å². The molecule has 0 saturated carbocycles. The van der Waals surface area contributed by atoms with Gasteiger partial charge in [0.2, 0.25) is 0 Å². The smallest absolute Gasteiger partial charge is 0.0589 e. The standard InChI is InChI=1S/C6H10S2/c7-6(8)4-2-1-3-5-6/h1-2,7-8H,3-5H2. The second-order valence-electron chi connectivity index (χ2n) is 2.20. The first-order valence-electron chi connectivity index (χ1n) is 2.80. The summed E-state index contributed by atoms with van der Waals surface area (Å²) in [5, 5.41) is 0. The average molecular weight is 146 g/mol. The summed E-state index contributed by atoms with van der Waals surface area (Å²) in [6.45, 7) is 0. The molecular weight excluding hydrogens is 136 g/mol. The molecule has 1 aliphatic carbocycles. The zero-order chi connectivity index (χ0) is 6.04. The fourth-order valence-electron chi connectivity index (χ4n) is 0.806. The fourth-order valence-corrected chi connectivity index (χ4v) is 1.28. The lowest BCUT2D eigenvalue weighted by atomic mass is 10.1. The van der Waals surface area contributed by atoms with E-state index in [4.69, 9.17) is 0 Å². The van der Waals surface area contributed by atoms with Gasteiger partial charge in [-0.15, -0.1) is 0 Å². The van der Waals surface area contributed by atoms with Crippen LogP contribution in [0.25, 0.3) is 0 Å². The van der Waals surface area contributed by atoms with Gasteiger partial charge >= 0.3 is 0 Å². The van der Waals surface area contributed by atoms with Crippen molar-refractivity contribution in [1.82, 2.24) is 0 Å². The molecule has 0 unspecified atom stereocenters. The van der Waals surface area contributed by atoms with Crippen molar-refractivity contribution >= 4 is 25.3 Å². The highest BCUT2D eigenvalue weighted by molar-refractivity contribution is 8.00. The quantitative estimate of drug-likeness (QED) is 0.292. The number of thiol groups is 2. The predicted molar refractivity (Wildman–Crippen MR) is 43.7 cm³/mol. The van der Waals surface area contributed by atoms with E-state index in [1.54, 1.807) is 0 Å². The lowest BCUT2D eigenvalue weighted by Crippen LogP contribution is -2.13. The summed E-state index contributed by atoms with van der Waals surface area (Å²) in [6.07, 6.45) is 7.55. The van der Waals surface area contributed by atoms with E-state index >= 15 is 0 Å². The molecule has 0 amide bonds. The molecule has 0 saturated heterocycles. The maximum Gasteiger partial charge on any atom is 0.0589 e. The van der Waals surface area contributed by atoms with Crippen molar-refractivity contribution in [3.8, 4) is 0 Å². The molecule has 0 aliphatic heterocycles. The first kappa shape index (κ1) is 6.56. The van der Waals surface area contributed by atoms with Gasteiger partial charge in [-0.2, -0.15) is 25.3 Å². The summed E-state index contributed by atoms with van der Waals surface area (Å²) in [6, 6.07) is 0. The summed E-state index contributed by atoms with van der Waals surface area (Å²) in [4.78, 5) is 0. The molecule has 8 heavy (non-hydrogen) atoms. The van der Waals surface area contributed by atoms with Crippen LogP contribution in [0.5, 0.6) is 0 Å². The second-order valence-corrected chi connectivity index (χ2v) is 4.26. The molecule has 1 rings (SSSR count). The zero-order valence-electron chi connectivity index (χ0n) is 4.67. The van der Waals surface area contributed by atoms with Crippen LogP contribution in [0, 0.1) is 0 Å². The number of hydrogen-bond donors (Lipinski definition) is 2. The average Bonchev–Trinajstić information content (AvgIpc) is 1.65. The highest BCUT2D eigenvalue weighted by Gasteiger charge is 2.19. The number of allylic oxidation sites excluding steroid dienone is 2. The van der Waals surface area contributed by atoms with Crippen LogP contribution in [0.15, 0.2) is 12.2 Å². The van der Waals surface area contributed by atoms with Gasteiger partial charge in [-0.05, 0) is 19.3 Å². The van der Waals surface area contributed by atoms with E-state index in [0.29, 0.717) is 0 Å². The van der Waals surface area contributed by atoms with Crippen molar-refractivity contribution in [1.29, 1.82) is 0 Å². The van der Waals surface area contributed by atoms with Crippen LogP contribution in [0.3, 0.4) is 0 Å². The number of hydrogen-bond acceptors (Lipinski definition) is 2. The van der Waals surface area contributed by atoms with Crippen molar-refractivity contribution in [2.45, 2.75) is 23.3 Å². The molecule has 46 valence electrons. The molecule has 0 atom stereocenters. The van der Waals surface area contributed by atoms with E-state index in [0.717, 1.165) is 19.3 Å². The Kier molecular flexibility index (Phi) is 1.93.